The molecule has 0 unspecified atom stereocenters. The average Bonchev–Trinajstić information content (AvgIpc) is 3.66. The lowest BCUT2D eigenvalue weighted by Crippen LogP contribution is -2.46. The minimum atomic E-state index is -0.786. The van der Waals surface area contributed by atoms with Crippen molar-refractivity contribution in [1.29, 1.82) is 0 Å². The molecule has 6 rings (SSSR count). The monoisotopic (exact) mass is 600 g/mol. The Hall–Kier alpha value is -4.67. The molecule has 0 aliphatic carbocycles. The topological polar surface area (TPSA) is 17.8 Å². The quantitative estimate of drug-likeness (QED) is 0.109. The van der Waals surface area contributed by atoms with Crippen LogP contribution < -0.4 is 5.19 Å². The van der Waals surface area contributed by atoms with Crippen molar-refractivity contribution in [2.45, 2.75) is 37.8 Å². The zero-order valence-corrected chi connectivity index (χ0v) is 27.6. The van der Waals surface area contributed by atoms with Gasteiger partial charge in [-0.2, -0.15) is 0 Å². The van der Waals surface area contributed by atoms with Gasteiger partial charge in [-0.1, -0.05) is 171 Å². The molecule has 1 aromatic heterocycles. The molecule has 0 saturated heterocycles. The molecule has 0 fully saturated rings. The predicted octanol–water partition coefficient (Wildman–Crippen LogP) is 8.10. The molecular weight excluding hydrogens is 559 g/mol. The second-order valence-corrected chi connectivity index (χ2v) is 13.5. The number of imidazole rings is 1. The summed E-state index contributed by atoms with van der Waals surface area (Å²) in [5, 5.41) is 1.26. The van der Waals surface area contributed by atoms with E-state index >= 15 is 0 Å². The maximum Gasteiger partial charge on any atom is 0.103 e. The Balaban J connectivity index is 0.000000223. The summed E-state index contributed by atoms with van der Waals surface area (Å²) in [6.45, 7) is 2.26. The Labute approximate surface area is 272 Å². The lowest BCUT2D eigenvalue weighted by molar-refractivity contribution is 0.596. The van der Waals surface area contributed by atoms with Gasteiger partial charge in [-0.25, -0.2) is 4.98 Å². The zero-order valence-electron chi connectivity index (χ0n) is 26.2. The average molecular weight is 601 g/mol. The van der Waals surface area contributed by atoms with Crippen LogP contribution >= 0.6 is 0 Å². The third-order valence-corrected chi connectivity index (χ3v) is 10.9. The molecule has 0 aliphatic heterocycles. The molecule has 222 valence electrons. The number of hydrogen-bond donors (Lipinski definition) is 0. The Morgan fingerprint density at radius 2 is 1.20 bits per heavy atom. The minimum Gasteiger partial charge on any atom is -0.326 e. The first-order chi connectivity index (χ1) is 22.2. The number of benzene rings is 5. The lowest BCUT2D eigenvalue weighted by Gasteiger charge is -2.37. The second-order valence-electron chi connectivity index (χ2n) is 11.3. The van der Waals surface area contributed by atoms with E-state index in [1.54, 1.807) is 5.98 Å². The smallest absolute Gasteiger partial charge is 0.103 e. The van der Waals surface area contributed by atoms with Crippen LogP contribution in [0, 0.1) is 0 Å². The van der Waals surface area contributed by atoms with Crippen LogP contribution in [0.25, 0.3) is 5.57 Å². The number of aryl methyl sites for hydroxylation is 1. The van der Waals surface area contributed by atoms with Crippen LogP contribution in [-0.2, 0) is 11.6 Å². The maximum absolute atomic E-state index is 5.67. The van der Waals surface area contributed by atoms with E-state index in [-0.39, 0.29) is 5.16 Å². The van der Waals surface area contributed by atoms with Gasteiger partial charge in [-0.15, -0.1) is 5.98 Å². The van der Waals surface area contributed by atoms with Gasteiger partial charge in [0.05, 0.1) is 21.0 Å². The first-order valence-corrected chi connectivity index (χ1v) is 17.4. The standard InChI is InChI=1S/C27H30N2Si.C14H11B/c1-2-3-6-11-23-16-18-26(19-17-23)30-27(29-21-20-28-22-29,24-12-7-4-8-13-24)25-14-9-5-10-15-25;15-11-14(12-7-3-1-4-8-12)13-9-5-2-6-10-13/h4-5,7-10,12-22H,2-3,6,11,30H2,1H3;1-11H. The Morgan fingerprint density at radius 1 is 0.689 bits per heavy atom. The summed E-state index contributed by atoms with van der Waals surface area (Å²) >= 11 is 0. The largest absolute Gasteiger partial charge is 0.326 e. The van der Waals surface area contributed by atoms with E-state index < -0.39 is 9.52 Å². The van der Waals surface area contributed by atoms with Crippen molar-refractivity contribution < 1.29 is 0 Å². The van der Waals surface area contributed by atoms with Gasteiger partial charge in [-0.05, 0) is 46.2 Å². The highest BCUT2D eigenvalue weighted by Gasteiger charge is 2.36. The number of aromatic nitrogens is 2. The van der Waals surface area contributed by atoms with Gasteiger partial charge in [0.2, 0.25) is 0 Å². The molecule has 2 nitrogen and oxygen atoms in total. The summed E-state index contributed by atoms with van der Waals surface area (Å²) in [6.07, 6.45) is 11.0. The molecule has 4 heteroatoms. The van der Waals surface area contributed by atoms with Gasteiger partial charge < -0.3 is 4.57 Å². The number of nitrogens with zero attached hydrogens (tertiary/aromatic N) is 2. The third-order valence-electron chi connectivity index (χ3n) is 8.34. The van der Waals surface area contributed by atoms with Gasteiger partial charge in [-0.3, -0.25) is 0 Å². The third kappa shape index (κ3) is 8.09. The van der Waals surface area contributed by atoms with Crippen LogP contribution in [-0.4, -0.2) is 26.9 Å². The first kappa shape index (κ1) is 31.7. The summed E-state index contributed by atoms with van der Waals surface area (Å²) in [6, 6.07) is 51.6. The molecule has 2 radical (unpaired) electrons. The molecule has 0 amide bonds. The number of hydrogen-bond acceptors (Lipinski definition) is 1. The van der Waals surface area contributed by atoms with Crippen molar-refractivity contribution in [2.24, 2.45) is 0 Å². The number of rotatable bonds is 11. The van der Waals surface area contributed by atoms with E-state index in [2.05, 4.69) is 132 Å². The first-order valence-electron chi connectivity index (χ1n) is 15.9. The van der Waals surface area contributed by atoms with E-state index in [0.717, 1.165) is 16.7 Å². The second kappa shape index (κ2) is 16.4. The highest BCUT2D eigenvalue weighted by molar-refractivity contribution is 6.57. The van der Waals surface area contributed by atoms with Crippen molar-refractivity contribution in [1.82, 2.24) is 9.55 Å². The normalized spacial score (nSPS) is 11.1. The summed E-state index contributed by atoms with van der Waals surface area (Å²) in [7, 11) is 4.89. The highest BCUT2D eigenvalue weighted by atomic mass is 28.2. The molecule has 1 heterocycles. The van der Waals surface area contributed by atoms with E-state index in [0.29, 0.717) is 0 Å². The molecular formula is C41H41BN2Si. The Kier molecular flexibility index (Phi) is 11.6. The Morgan fingerprint density at radius 3 is 1.64 bits per heavy atom. The van der Waals surface area contributed by atoms with E-state index in [1.807, 2.05) is 48.9 Å². The summed E-state index contributed by atoms with van der Waals surface area (Å²) < 4.78 is 2.32. The van der Waals surface area contributed by atoms with Crippen LogP contribution in [0.2, 0.25) is 0 Å². The van der Waals surface area contributed by atoms with Gasteiger partial charge in [0.1, 0.15) is 7.85 Å². The fourth-order valence-electron chi connectivity index (χ4n) is 5.97. The molecule has 5 aromatic carbocycles. The molecule has 6 aromatic rings. The SMILES string of the molecule is CCCCCc1ccc([SiH2]C(c2ccccc2)(c2ccccc2)n2ccnc2)cc1.[B]C=C(c1ccccc1)c1ccccc1. The summed E-state index contributed by atoms with van der Waals surface area (Å²) in [5.41, 5.74) is 7.46. The fourth-order valence-corrected chi connectivity index (χ4v) is 8.28. The van der Waals surface area contributed by atoms with E-state index in [1.165, 1.54) is 47.6 Å². The molecule has 0 aliphatic rings. The molecule has 0 spiro atoms. The van der Waals surface area contributed by atoms with E-state index in [4.69, 9.17) is 7.85 Å². The lowest BCUT2D eigenvalue weighted by atomic mass is 9.92. The Bertz CT molecular complexity index is 1620. The van der Waals surface area contributed by atoms with E-state index in [9.17, 15) is 0 Å². The molecule has 0 N–H and O–H groups in total. The predicted molar refractivity (Wildman–Crippen MR) is 195 cm³/mol. The van der Waals surface area contributed by atoms with Crippen molar-refractivity contribution in [3.05, 3.63) is 198 Å². The maximum atomic E-state index is 5.67. The van der Waals surface area contributed by atoms with Crippen LogP contribution in [0.3, 0.4) is 0 Å². The number of unbranched alkanes of at least 4 members (excludes halogenated alkanes) is 2. The van der Waals surface area contributed by atoms with Crippen LogP contribution in [0.15, 0.2) is 170 Å². The van der Waals surface area contributed by atoms with Crippen LogP contribution in [0.1, 0.15) is 54.0 Å². The van der Waals surface area contributed by atoms with Crippen molar-refractivity contribution in [2.75, 3.05) is 0 Å². The fraction of sp³-hybridized carbons (Fsp3) is 0.146. The highest BCUT2D eigenvalue weighted by Crippen LogP contribution is 2.33. The van der Waals surface area contributed by atoms with Gasteiger partial charge >= 0.3 is 0 Å². The van der Waals surface area contributed by atoms with Crippen LogP contribution in [0.5, 0.6) is 0 Å². The molecule has 0 saturated carbocycles. The minimum absolute atomic E-state index is 0.206. The van der Waals surface area contributed by atoms with Crippen molar-refractivity contribution in [3.63, 3.8) is 0 Å². The molecule has 45 heavy (non-hydrogen) atoms. The van der Waals surface area contributed by atoms with Crippen LogP contribution in [0.4, 0.5) is 0 Å². The van der Waals surface area contributed by atoms with Crippen molar-refractivity contribution >= 4 is 28.1 Å². The van der Waals surface area contributed by atoms with Gasteiger partial charge in [0, 0.05) is 12.4 Å². The molecule has 0 bridgehead atoms. The summed E-state index contributed by atoms with van der Waals surface area (Å²) in [4.78, 5) is 4.42. The van der Waals surface area contributed by atoms with Crippen molar-refractivity contribution in [3.8, 4) is 0 Å². The summed E-state index contributed by atoms with van der Waals surface area (Å²) in [5.74, 6) is 1.66. The van der Waals surface area contributed by atoms with Gasteiger partial charge in [0.15, 0.2) is 0 Å². The van der Waals surface area contributed by atoms with Gasteiger partial charge in [0.25, 0.3) is 0 Å². The molecule has 0 atom stereocenters. The zero-order chi connectivity index (χ0) is 31.2.